The van der Waals surface area contributed by atoms with E-state index in [0.29, 0.717) is 5.56 Å². The second-order valence-corrected chi connectivity index (χ2v) is 6.11. The SMILES string of the molecule is NC(c1cnc2ccsc2c1)c1c(F)ccc(Br)c1F. The van der Waals surface area contributed by atoms with E-state index in [1.54, 1.807) is 6.20 Å². The van der Waals surface area contributed by atoms with E-state index in [1.165, 1.54) is 23.5 Å². The molecule has 0 saturated carbocycles. The molecule has 102 valence electrons. The highest BCUT2D eigenvalue weighted by Gasteiger charge is 2.21. The van der Waals surface area contributed by atoms with Crippen LogP contribution in [0.1, 0.15) is 17.2 Å². The van der Waals surface area contributed by atoms with Gasteiger partial charge in [0.1, 0.15) is 11.6 Å². The minimum Gasteiger partial charge on any atom is -0.320 e. The third-order valence-corrected chi connectivity index (χ3v) is 4.54. The van der Waals surface area contributed by atoms with Gasteiger partial charge in [0.05, 0.1) is 20.7 Å². The molecule has 2 aromatic heterocycles. The van der Waals surface area contributed by atoms with Gasteiger partial charge in [0.25, 0.3) is 0 Å². The summed E-state index contributed by atoms with van der Waals surface area (Å²) < 4.78 is 29.1. The minimum atomic E-state index is -0.897. The molecular formula is C14H9BrF2N2S. The largest absolute Gasteiger partial charge is 0.320 e. The first kappa shape index (κ1) is 13.6. The fourth-order valence-electron chi connectivity index (χ4n) is 2.03. The molecule has 2 heterocycles. The van der Waals surface area contributed by atoms with Crippen molar-refractivity contribution in [2.75, 3.05) is 0 Å². The van der Waals surface area contributed by atoms with E-state index in [-0.39, 0.29) is 10.0 Å². The van der Waals surface area contributed by atoms with Gasteiger partial charge in [0.2, 0.25) is 0 Å². The van der Waals surface area contributed by atoms with Crippen LogP contribution in [0.5, 0.6) is 0 Å². The lowest BCUT2D eigenvalue weighted by molar-refractivity contribution is 0.539. The maximum Gasteiger partial charge on any atom is 0.145 e. The number of nitrogens with two attached hydrogens (primary N) is 1. The van der Waals surface area contributed by atoms with Crippen molar-refractivity contribution in [2.24, 2.45) is 5.73 Å². The van der Waals surface area contributed by atoms with Gasteiger partial charge in [-0.3, -0.25) is 4.98 Å². The zero-order chi connectivity index (χ0) is 14.3. The number of benzene rings is 1. The summed E-state index contributed by atoms with van der Waals surface area (Å²) >= 11 is 4.55. The van der Waals surface area contributed by atoms with E-state index in [0.717, 1.165) is 10.2 Å². The van der Waals surface area contributed by atoms with Crippen molar-refractivity contribution < 1.29 is 8.78 Å². The maximum absolute atomic E-state index is 14.1. The quantitative estimate of drug-likeness (QED) is 0.693. The number of hydrogen-bond donors (Lipinski definition) is 1. The van der Waals surface area contributed by atoms with E-state index < -0.39 is 17.7 Å². The molecule has 3 aromatic rings. The number of aromatic nitrogens is 1. The predicted octanol–water partition coefficient (Wildman–Crippen LogP) is 4.39. The normalized spacial score (nSPS) is 12.8. The first-order valence-corrected chi connectivity index (χ1v) is 7.47. The van der Waals surface area contributed by atoms with Crippen LogP contribution >= 0.6 is 27.3 Å². The highest BCUT2D eigenvalue weighted by atomic mass is 79.9. The minimum absolute atomic E-state index is 0.155. The molecule has 3 rings (SSSR count). The highest BCUT2D eigenvalue weighted by Crippen LogP contribution is 2.30. The number of hydrogen-bond acceptors (Lipinski definition) is 3. The van der Waals surface area contributed by atoms with Crippen LogP contribution in [0.25, 0.3) is 10.2 Å². The van der Waals surface area contributed by atoms with Gasteiger partial charge in [-0.15, -0.1) is 11.3 Å². The number of nitrogens with zero attached hydrogens (tertiary/aromatic N) is 1. The van der Waals surface area contributed by atoms with Gasteiger partial charge in [0, 0.05) is 11.8 Å². The number of rotatable bonds is 2. The Bertz CT molecular complexity index is 788. The first-order chi connectivity index (χ1) is 9.58. The highest BCUT2D eigenvalue weighted by molar-refractivity contribution is 9.10. The Morgan fingerprint density at radius 1 is 1.25 bits per heavy atom. The molecule has 0 saturated heterocycles. The van der Waals surface area contributed by atoms with Crippen LogP contribution < -0.4 is 5.73 Å². The summed E-state index contributed by atoms with van der Waals surface area (Å²) in [6.45, 7) is 0. The summed E-state index contributed by atoms with van der Waals surface area (Å²) in [6.07, 6.45) is 1.56. The molecule has 0 aliphatic heterocycles. The van der Waals surface area contributed by atoms with E-state index in [2.05, 4.69) is 20.9 Å². The van der Waals surface area contributed by atoms with Crippen molar-refractivity contribution in [3.63, 3.8) is 0 Å². The monoisotopic (exact) mass is 354 g/mol. The molecule has 2 nitrogen and oxygen atoms in total. The molecule has 0 radical (unpaired) electrons. The molecule has 6 heteroatoms. The van der Waals surface area contributed by atoms with Gasteiger partial charge in [-0.25, -0.2) is 8.78 Å². The molecule has 0 amide bonds. The first-order valence-electron chi connectivity index (χ1n) is 5.80. The van der Waals surface area contributed by atoms with E-state index in [1.807, 2.05) is 17.5 Å². The molecule has 0 fully saturated rings. The third-order valence-electron chi connectivity index (χ3n) is 3.07. The van der Waals surface area contributed by atoms with Crippen LogP contribution in [0.4, 0.5) is 8.78 Å². The summed E-state index contributed by atoms with van der Waals surface area (Å²) in [5.74, 6) is -1.34. The summed E-state index contributed by atoms with van der Waals surface area (Å²) in [7, 11) is 0. The second kappa shape index (κ2) is 5.20. The lowest BCUT2D eigenvalue weighted by Crippen LogP contribution is -2.16. The zero-order valence-electron chi connectivity index (χ0n) is 10.1. The summed E-state index contributed by atoms with van der Waals surface area (Å²) in [5.41, 5.74) is 7.28. The Labute approximate surface area is 126 Å². The van der Waals surface area contributed by atoms with Crippen LogP contribution in [-0.2, 0) is 0 Å². The molecule has 0 aliphatic carbocycles. The average Bonchev–Trinajstić information content (AvgIpc) is 2.90. The molecule has 20 heavy (non-hydrogen) atoms. The third kappa shape index (κ3) is 2.24. The molecule has 0 aliphatic rings. The van der Waals surface area contributed by atoms with E-state index in [4.69, 9.17) is 5.73 Å². The lowest BCUT2D eigenvalue weighted by Gasteiger charge is -2.15. The summed E-state index contributed by atoms with van der Waals surface area (Å²) in [5, 5.41) is 1.91. The molecule has 1 aromatic carbocycles. The molecule has 0 spiro atoms. The van der Waals surface area contributed by atoms with Crippen molar-refractivity contribution >= 4 is 37.5 Å². The second-order valence-electron chi connectivity index (χ2n) is 4.31. The van der Waals surface area contributed by atoms with Gasteiger partial charge in [-0.05, 0) is 51.1 Å². The standard InChI is InChI=1S/C14H9BrF2N2S/c15-8-1-2-9(16)12(13(8)17)14(18)7-5-11-10(19-6-7)3-4-20-11/h1-6,14H,18H2. The molecule has 1 unspecified atom stereocenters. The fraction of sp³-hybridized carbons (Fsp3) is 0.0714. The number of halogens is 3. The average molecular weight is 355 g/mol. The molecule has 1 atom stereocenters. The van der Waals surface area contributed by atoms with E-state index in [9.17, 15) is 8.78 Å². The molecule has 0 bridgehead atoms. The Balaban J connectivity index is 2.12. The van der Waals surface area contributed by atoms with Gasteiger partial charge >= 0.3 is 0 Å². The van der Waals surface area contributed by atoms with Crippen LogP contribution in [0.3, 0.4) is 0 Å². The Kier molecular flexibility index (Phi) is 3.54. The maximum atomic E-state index is 14.1. The predicted molar refractivity (Wildman–Crippen MR) is 79.7 cm³/mol. The summed E-state index contributed by atoms with van der Waals surface area (Å²) in [4.78, 5) is 4.24. The lowest BCUT2D eigenvalue weighted by atomic mass is 10.00. The van der Waals surface area contributed by atoms with Gasteiger partial charge in [-0.1, -0.05) is 0 Å². The van der Waals surface area contributed by atoms with Crippen molar-refractivity contribution in [3.8, 4) is 0 Å². The fourth-order valence-corrected chi connectivity index (χ4v) is 3.16. The number of fused-ring (bicyclic) bond motifs is 1. The van der Waals surface area contributed by atoms with E-state index >= 15 is 0 Å². The molecule has 2 N–H and O–H groups in total. The van der Waals surface area contributed by atoms with Crippen LogP contribution in [0.2, 0.25) is 0 Å². The van der Waals surface area contributed by atoms with Crippen LogP contribution in [0, 0.1) is 11.6 Å². The van der Waals surface area contributed by atoms with Crippen molar-refractivity contribution in [1.82, 2.24) is 4.98 Å². The Hall–Kier alpha value is -1.37. The van der Waals surface area contributed by atoms with Gasteiger partial charge in [0.15, 0.2) is 0 Å². The van der Waals surface area contributed by atoms with Gasteiger partial charge < -0.3 is 5.73 Å². The zero-order valence-corrected chi connectivity index (χ0v) is 12.5. The smallest absolute Gasteiger partial charge is 0.145 e. The Morgan fingerprint density at radius 3 is 2.85 bits per heavy atom. The van der Waals surface area contributed by atoms with Gasteiger partial charge in [-0.2, -0.15) is 0 Å². The van der Waals surface area contributed by atoms with Crippen molar-refractivity contribution in [2.45, 2.75) is 6.04 Å². The summed E-state index contributed by atoms with van der Waals surface area (Å²) in [6, 6.07) is 5.32. The van der Waals surface area contributed by atoms with Crippen LogP contribution in [-0.4, -0.2) is 4.98 Å². The van der Waals surface area contributed by atoms with Crippen LogP contribution in [0.15, 0.2) is 40.3 Å². The number of thiophene rings is 1. The topological polar surface area (TPSA) is 38.9 Å². The van der Waals surface area contributed by atoms with Crippen molar-refractivity contribution in [3.05, 3.63) is 63.1 Å². The Morgan fingerprint density at radius 2 is 2.05 bits per heavy atom. The van der Waals surface area contributed by atoms with Crippen molar-refractivity contribution in [1.29, 1.82) is 0 Å². The number of pyridine rings is 1. The molecular weight excluding hydrogens is 346 g/mol.